The molecule has 1 aromatic rings. The number of pyridine rings is 1. The van der Waals surface area contributed by atoms with E-state index in [2.05, 4.69) is 15.2 Å². The zero-order valence-corrected chi connectivity index (χ0v) is 15.2. The van der Waals surface area contributed by atoms with Gasteiger partial charge in [0.2, 0.25) is 6.41 Å². The Bertz CT molecular complexity index is 569. The van der Waals surface area contributed by atoms with E-state index in [1.165, 1.54) is 19.3 Å². The van der Waals surface area contributed by atoms with Gasteiger partial charge in [-0.1, -0.05) is 19.3 Å². The van der Waals surface area contributed by atoms with Crippen molar-refractivity contribution in [3.05, 3.63) is 24.5 Å². The van der Waals surface area contributed by atoms with E-state index in [1.54, 1.807) is 17.5 Å². The van der Waals surface area contributed by atoms with Crippen molar-refractivity contribution in [3.63, 3.8) is 0 Å². The fourth-order valence-electron chi connectivity index (χ4n) is 3.94. The standard InChI is InChI=1S/C19H28N4O3/c24-15-21-18(16-4-2-1-3-5-16)14-19(25)26-23-12-10-22(11-13-23)17-6-8-20-9-7-17/h6-9,15-16,18H,1-5,10-14H2,(H,21,24). The Labute approximate surface area is 154 Å². The highest BCUT2D eigenvalue weighted by Gasteiger charge is 2.27. The summed E-state index contributed by atoms with van der Waals surface area (Å²) in [7, 11) is 0. The summed E-state index contributed by atoms with van der Waals surface area (Å²) in [5, 5.41) is 4.57. The summed E-state index contributed by atoms with van der Waals surface area (Å²) in [5.41, 5.74) is 1.14. The first-order valence-corrected chi connectivity index (χ1v) is 9.56. The van der Waals surface area contributed by atoms with Gasteiger partial charge in [-0.2, -0.15) is 0 Å². The smallest absolute Gasteiger partial charge is 0.327 e. The van der Waals surface area contributed by atoms with E-state index in [9.17, 15) is 9.59 Å². The van der Waals surface area contributed by atoms with E-state index < -0.39 is 0 Å². The minimum Gasteiger partial charge on any atom is -0.369 e. The predicted molar refractivity (Wildman–Crippen MR) is 98.3 cm³/mol. The molecule has 1 aliphatic heterocycles. The Morgan fingerprint density at radius 1 is 1.19 bits per heavy atom. The zero-order valence-electron chi connectivity index (χ0n) is 15.2. The van der Waals surface area contributed by atoms with Crippen molar-refractivity contribution in [2.24, 2.45) is 5.92 Å². The average Bonchev–Trinajstić information content (AvgIpc) is 2.69. The van der Waals surface area contributed by atoms with Crippen LogP contribution in [-0.4, -0.2) is 54.6 Å². The highest BCUT2D eigenvalue weighted by atomic mass is 16.7. The molecular formula is C19H28N4O3. The number of nitrogens with zero attached hydrogens (tertiary/aromatic N) is 3. The van der Waals surface area contributed by atoms with Crippen LogP contribution in [0.2, 0.25) is 0 Å². The largest absolute Gasteiger partial charge is 0.369 e. The van der Waals surface area contributed by atoms with Gasteiger partial charge in [-0.25, -0.2) is 0 Å². The van der Waals surface area contributed by atoms with Crippen LogP contribution in [0.5, 0.6) is 0 Å². The maximum absolute atomic E-state index is 12.3. The number of piperazine rings is 1. The van der Waals surface area contributed by atoms with Crippen LogP contribution in [0.3, 0.4) is 0 Å². The molecule has 1 N–H and O–H groups in total. The lowest BCUT2D eigenvalue weighted by atomic mass is 9.83. The van der Waals surface area contributed by atoms with Gasteiger partial charge in [0.05, 0.1) is 19.5 Å². The van der Waals surface area contributed by atoms with E-state index in [0.29, 0.717) is 25.4 Å². The molecule has 2 aliphatic rings. The monoisotopic (exact) mass is 360 g/mol. The van der Waals surface area contributed by atoms with Crippen molar-refractivity contribution in [1.29, 1.82) is 0 Å². The van der Waals surface area contributed by atoms with E-state index in [0.717, 1.165) is 31.6 Å². The van der Waals surface area contributed by atoms with E-state index in [1.807, 2.05) is 12.1 Å². The molecule has 3 rings (SSSR count). The van der Waals surface area contributed by atoms with Crippen LogP contribution in [0, 0.1) is 5.92 Å². The van der Waals surface area contributed by atoms with Crippen LogP contribution < -0.4 is 10.2 Å². The summed E-state index contributed by atoms with van der Waals surface area (Å²) in [6.45, 7) is 2.94. The molecule has 1 saturated heterocycles. The molecular weight excluding hydrogens is 332 g/mol. The molecule has 7 heteroatoms. The van der Waals surface area contributed by atoms with Crippen LogP contribution in [0.4, 0.5) is 5.69 Å². The Hall–Kier alpha value is -2.15. The third kappa shape index (κ3) is 5.17. The molecule has 1 aliphatic carbocycles. The van der Waals surface area contributed by atoms with E-state index in [4.69, 9.17) is 4.84 Å². The number of hydrogen-bond acceptors (Lipinski definition) is 6. The lowest BCUT2D eigenvalue weighted by molar-refractivity contribution is -0.192. The summed E-state index contributed by atoms with van der Waals surface area (Å²) in [6, 6.07) is 3.86. The van der Waals surface area contributed by atoms with Crippen molar-refractivity contribution >= 4 is 18.1 Å². The first-order valence-electron chi connectivity index (χ1n) is 9.56. The average molecular weight is 360 g/mol. The third-order valence-electron chi connectivity index (χ3n) is 5.38. The molecule has 1 unspecified atom stereocenters. The first-order chi connectivity index (χ1) is 12.8. The van der Waals surface area contributed by atoms with Crippen molar-refractivity contribution in [1.82, 2.24) is 15.4 Å². The molecule has 2 fully saturated rings. The molecule has 0 bridgehead atoms. The second kappa shape index (κ2) is 9.52. The van der Waals surface area contributed by atoms with E-state index in [-0.39, 0.29) is 18.4 Å². The number of aromatic nitrogens is 1. The number of rotatable bonds is 7. The molecule has 142 valence electrons. The number of anilines is 1. The number of hydroxylamine groups is 2. The summed E-state index contributed by atoms with van der Waals surface area (Å²) >= 11 is 0. The fraction of sp³-hybridized carbons (Fsp3) is 0.632. The Balaban J connectivity index is 1.45. The number of nitrogens with one attached hydrogen (secondary N) is 1. The lowest BCUT2D eigenvalue weighted by Crippen LogP contribution is -2.47. The lowest BCUT2D eigenvalue weighted by Gasteiger charge is -2.35. The van der Waals surface area contributed by atoms with Gasteiger partial charge < -0.3 is 15.1 Å². The molecule has 1 saturated carbocycles. The number of hydrogen-bond donors (Lipinski definition) is 1. The van der Waals surface area contributed by atoms with Crippen LogP contribution in [0.1, 0.15) is 38.5 Å². The Morgan fingerprint density at radius 3 is 2.54 bits per heavy atom. The second-order valence-electron chi connectivity index (χ2n) is 7.08. The summed E-state index contributed by atoms with van der Waals surface area (Å²) < 4.78 is 0. The van der Waals surface area contributed by atoms with Gasteiger partial charge in [0, 0.05) is 37.2 Å². The van der Waals surface area contributed by atoms with Crippen LogP contribution in [0.25, 0.3) is 0 Å². The predicted octanol–water partition coefficient (Wildman–Crippen LogP) is 1.75. The number of carbonyl (C=O) groups excluding carboxylic acids is 2. The van der Waals surface area contributed by atoms with Gasteiger partial charge in [-0.15, -0.1) is 5.06 Å². The number of amides is 1. The molecule has 1 amide bonds. The molecule has 0 radical (unpaired) electrons. The molecule has 7 nitrogen and oxygen atoms in total. The van der Waals surface area contributed by atoms with Crippen molar-refractivity contribution in [2.75, 3.05) is 31.1 Å². The SMILES string of the molecule is O=CNC(CC(=O)ON1CCN(c2ccncc2)CC1)C1CCCCC1. The topological polar surface area (TPSA) is 74.8 Å². The number of carbonyl (C=O) groups is 2. The van der Waals surface area contributed by atoms with Gasteiger partial charge in [0.15, 0.2) is 0 Å². The van der Waals surface area contributed by atoms with Crippen LogP contribution >= 0.6 is 0 Å². The Morgan fingerprint density at radius 2 is 1.88 bits per heavy atom. The summed E-state index contributed by atoms with van der Waals surface area (Å²) in [4.78, 5) is 35.1. The first kappa shape index (κ1) is 18.6. The van der Waals surface area contributed by atoms with Gasteiger partial charge >= 0.3 is 5.97 Å². The van der Waals surface area contributed by atoms with Gasteiger partial charge in [0.25, 0.3) is 0 Å². The van der Waals surface area contributed by atoms with Crippen molar-refractivity contribution < 1.29 is 14.4 Å². The van der Waals surface area contributed by atoms with Crippen LogP contribution in [0.15, 0.2) is 24.5 Å². The van der Waals surface area contributed by atoms with Crippen molar-refractivity contribution in [3.8, 4) is 0 Å². The third-order valence-corrected chi connectivity index (χ3v) is 5.38. The highest BCUT2D eigenvalue weighted by molar-refractivity contribution is 5.70. The fourth-order valence-corrected chi connectivity index (χ4v) is 3.94. The quantitative estimate of drug-likeness (QED) is 0.747. The maximum Gasteiger partial charge on any atom is 0.327 e. The Kier molecular flexibility index (Phi) is 6.82. The van der Waals surface area contributed by atoms with Gasteiger partial charge in [-0.3, -0.25) is 14.6 Å². The van der Waals surface area contributed by atoms with Gasteiger partial charge in [0.1, 0.15) is 0 Å². The molecule has 0 spiro atoms. The van der Waals surface area contributed by atoms with E-state index >= 15 is 0 Å². The van der Waals surface area contributed by atoms with Crippen LogP contribution in [-0.2, 0) is 14.4 Å². The summed E-state index contributed by atoms with van der Waals surface area (Å²) in [6.07, 6.45) is 10.3. The molecule has 26 heavy (non-hydrogen) atoms. The molecule has 1 aromatic heterocycles. The second-order valence-corrected chi connectivity index (χ2v) is 7.08. The zero-order chi connectivity index (χ0) is 18.2. The minimum absolute atomic E-state index is 0.113. The highest BCUT2D eigenvalue weighted by Crippen LogP contribution is 2.28. The molecule has 2 heterocycles. The normalized spacial score (nSPS) is 20.4. The minimum atomic E-state index is -0.257. The van der Waals surface area contributed by atoms with Crippen molar-refractivity contribution in [2.45, 2.75) is 44.6 Å². The summed E-state index contributed by atoms with van der Waals surface area (Å²) in [5.74, 6) is 0.123. The van der Waals surface area contributed by atoms with Gasteiger partial charge in [-0.05, 0) is 30.9 Å². The molecule has 0 aromatic carbocycles. The maximum atomic E-state index is 12.3. The molecule has 1 atom stereocenters.